The standard InChI is InChI=1S/C12H28O7Si3/c1-7-11-9-12-8-10(2)15-20(4,13)18-22(6,17-12)19-21(5,14-3)16-11/h10-13H,7-9H2,1-6H3. The Hall–Kier alpha value is 0.371. The monoisotopic (exact) mass is 368 g/mol. The molecule has 2 aliphatic rings. The van der Waals surface area contributed by atoms with Gasteiger partial charge in [0.2, 0.25) is 0 Å². The summed E-state index contributed by atoms with van der Waals surface area (Å²) in [4.78, 5) is 10.4. The average molecular weight is 369 g/mol. The van der Waals surface area contributed by atoms with Gasteiger partial charge in [-0.05, 0) is 26.2 Å². The van der Waals surface area contributed by atoms with Crippen LogP contribution < -0.4 is 0 Å². The van der Waals surface area contributed by atoms with Gasteiger partial charge in [-0.1, -0.05) is 6.92 Å². The van der Waals surface area contributed by atoms with Gasteiger partial charge in [-0.15, -0.1) is 0 Å². The van der Waals surface area contributed by atoms with Crippen LogP contribution in [0.15, 0.2) is 0 Å². The van der Waals surface area contributed by atoms with Crippen molar-refractivity contribution in [2.75, 3.05) is 7.11 Å². The second-order valence-electron chi connectivity index (χ2n) is 6.32. The van der Waals surface area contributed by atoms with Crippen molar-refractivity contribution in [1.29, 1.82) is 0 Å². The van der Waals surface area contributed by atoms with Crippen molar-refractivity contribution in [3.63, 3.8) is 0 Å². The normalized spacial score (nSPS) is 50.6. The van der Waals surface area contributed by atoms with E-state index in [1.165, 1.54) is 0 Å². The fraction of sp³-hybridized carbons (Fsp3) is 1.00. The first-order valence-corrected chi connectivity index (χ1v) is 14.5. The van der Waals surface area contributed by atoms with Gasteiger partial charge in [-0.3, -0.25) is 0 Å². The molecular weight excluding hydrogens is 340 g/mol. The Morgan fingerprint density at radius 3 is 2.36 bits per heavy atom. The highest BCUT2D eigenvalue weighted by Crippen LogP contribution is 2.33. The number of hydrogen-bond donors (Lipinski definition) is 1. The summed E-state index contributed by atoms with van der Waals surface area (Å²) in [6.45, 7) is 9.20. The molecule has 0 aromatic carbocycles. The molecule has 0 saturated carbocycles. The van der Waals surface area contributed by atoms with Crippen LogP contribution in [0.3, 0.4) is 0 Å². The molecule has 0 amide bonds. The lowest BCUT2D eigenvalue weighted by atomic mass is 10.0. The molecule has 6 unspecified atom stereocenters. The highest BCUT2D eigenvalue weighted by Gasteiger charge is 2.56. The van der Waals surface area contributed by atoms with Crippen LogP contribution in [-0.2, 0) is 25.9 Å². The Morgan fingerprint density at radius 2 is 1.77 bits per heavy atom. The van der Waals surface area contributed by atoms with Crippen LogP contribution >= 0.6 is 0 Å². The molecule has 0 aromatic heterocycles. The molecule has 2 saturated heterocycles. The number of hydrogen-bond acceptors (Lipinski definition) is 7. The van der Waals surface area contributed by atoms with Crippen LogP contribution in [0.1, 0.15) is 33.1 Å². The van der Waals surface area contributed by atoms with Gasteiger partial charge in [-0.2, -0.15) is 0 Å². The third-order valence-corrected chi connectivity index (χ3v) is 12.9. The van der Waals surface area contributed by atoms with Crippen LogP contribution in [-0.4, -0.2) is 56.6 Å². The van der Waals surface area contributed by atoms with E-state index in [0.717, 1.165) is 12.8 Å². The van der Waals surface area contributed by atoms with E-state index in [0.29, 0.717) is 6.42 Å². The zero-order valence-corrected chi connectivity index (χ0v) is 17.3. The first-order chi connectivity index (χ1) is 10.1. The molecule has 6 atom stereocenters. The van der Waals surface area contributed by atoms with Gasteiger partial charge in [0.1, 0.15) is 0 Å². The van der Waals surface area contributed by atoms with Crippen molar-refractivity contribution in [3.05, 3.63) is 0 Å². The molecule has 22 heavy (non-hydrogen) atoms. The zero-order valence-electron chi connectivity index (χ0n) is 14.3. The van der Waals surface area contributed by atoms with Gasteiger partial charge >= 0.3 is 26.4 Å². The largest absolute Gasteiger partial charge is 0.490 e. The van der Waals surface area contributed by atoms with Crippen molar-refractivity contribution in [2.45, 2.75) is 71.1 Å². The smallest absolute Gasteiger partial charge is 0.390 e. The van der Waals surface area contributed by atoms with E-state index in [-0.39, 0.29) is 18.3 Å². The molecule has 10 heteroatoms. The molecule has 0 aromatic rings. The summed E-state index contributed by atoms with van der Waals surface area (Å²) >= 11 is 0. The Morgan fingerprint density at radius 1 is 1.09 bits per heavy atom. The van der Waals surface area contributed by atoms with Gasteiger partial charge in [-0.25, -0.2) is 0 Å². The van der Waals surface area contributed by atoms with Crippen molar-refractivity contribution in [3.8, 4) is 0 Å². The van der Waals surface area contributed by atoms with Crippen LogP contribution in [0.2, 0.25) is 19.6 Å². The summed E-state index contributed by atoms with van der Waals surface area (Å²) in [5.74, 6) is 0. The number of rotatable bonds is 2. The molecule has 2 aliphatic heterocycles. The Balaban J connectivity index is 2.30. The third kappa shape index (κ3) is 4.69. The summed E-state index contributed by atoms with van der Waals surface area (Å²) in [5.41, 5.74) is 0. The van der Waals surface area contributed by atoms with E-state index in [2.05, 4.69) is 6.92 Å². The fourth-order valence-corrected chi connectivity index (χ4v) is 12.8. The van der Waals surface area contributed by atoms with Crippen molar-refractivity contribution >= 4 is 26.4 Å². The van der Waals surface area contributed by atoms with Crippen LogP contribution in [0, 0.1) is 0 Å². The minimum atomic E-state index is -3.30. The van der Waals surface area contributed by atoms with E-state index in [1.54, 1.807) is 20.2 Å². The van der Waals surface area contributed by atoms with E-state index in [4.69, 9.17) is 25.9 Å². The molecule has 1 N–H and O–H groups in total. The lowest BCUT2D eigenvalue weighted by Crippen LogP contribution is -2.65. The molecule has 2 fully saturated rings. The maximum atomic E-state index is 10.4. The molecular formula is C12H28O7Si3. The lowest BCUT2D eigenvalue weighted by molar-refractivity contribution is -0.0512. The molecule has 2 heterocycles. The predicted molar refractivity (Wildman–Crippen MR) is 86.1 cm³/mol. The summed E-state index contributed by atoms with van der Waals surface area (Å²) in [6, 6.07) is 0. The summed E-state index contributed by atoms with van der Waals surface area (Å²) < 4.78 is 35.6. The third-order valence-electron chi connectivity index (χ3n) is 3.87. The quantitative estimate of drug-likeness (QED) is 0.744. The zero-order chi connectivity index (χ0) is 16.6. The minimum Gasteiger partial charge on any atom is -0.390 e. The van der Waals surface area contributed by atoms with E-state index < -0.39 is 26.4 Å². The average Bonchev–Trinajstić information content (AvgIpc) is 2.32. The van der Waals surface area contributed by atoms with Crippen LogP contribution in [0.25, 0.3) is 0 Å². The van der Waals surface area contributed by atoms with E-state index in [9.17, 15) is 4.80 Å². The van der Waals surface area contributed by atoms with Crippen molar-refractivity contribution < 1.29 is 30.7 Å². The Labute approximate surface area is 135 Å². The van der Waals surface area contributed by atoms with Crippen molar-refractivity contribution in [1.82, 2.24) is 0 Å². The molecule has 7 nitrogen and oxygen atoms in total. The van der Waals surface area contributed by atoms with Gasteiger partial charge < -0.3 is 30.7 Å². The second-order valence-corrected chi connectivity index (χ2v) is 14.3. The van der Waals surface area contributed by atoms with Gasteiger partial charge in [0.05, 0.1) is 12.2 Å². The maximum Gasteiger partial charge on any atom is 0.490 e. The topological polar surface area (TPSA) is 75.6 Å². The van der Waals surface area contributed by atoms with Crippen LogP contribution in [0.5, 0.6) is 0 Å². The molecule has 2 rings (SSSR count). The molecule has 0 radical (unpaired) electrons. The lowest BCUT2D eigenvalue weighted by Gasteiger charge is -2.45. The SMILES string of the molecule is CCC1CC2CC(C)O[Si](C)(O)O[Si](C)(O2)O[Si](C)(OC)O1. The maximum absolute atomic E-state index is 10.4. The van der Waals surface area contributed by atoms with E-state index >= 15 is 0 Å². The fourth-order valence-electron chi connectivity index (χ4n) is 3.07. The second kappa shape index (κ2) is 6.70. The highest BCUT2D eigenvalue weighted by atomic mass is 28.5. The summed E-state index contributed by atoms with van der Waals surface area (Å²) in [5, 5.41) is 0. The highest BCUT2D eigenvalue weighted by molar-refractivity contribution is 6.79. The van der Waals surface area contributed by atoms with Crippen molar-refractivity contribution in [2.24, 2.45) is 0 Å². The number of fused-ring (bicyclic) bond motifs is 2. The predicted octanol–water partition coefficient (Wildman–Crippen LogP) is 1.76. The van der Waals surface area contributed by atoms with Crippen LogP contribution in [0.4, 0.5) is 0 Å². The molecule has 0 aliphatic carbocycles. The Bertz CT molecular complexity index is 399. The first-order valence-electron chi connectivity index (χ1n) is 7.80. The van der Waals surface area contributed by atoms with Gasteiger partial charge in [0.25, 0.3) is 0 Å². The van der Waals surface area contributed by atoms with Gasteiger partial charge in [0.15, 0.2) is 0 Å². The summed E-state index contributed by atoms with van der Waals surface area (Å²) in [7, 11) is -7.73. The molecule has 130 valence electrons. The van der Waals surface area contributed by atoms with Gasteiger partial charge in [0, 0.05) is 32.9 Å². The Kier molecular flexibility index (Phi) is 5.70. The minimum absolute atomic E-state index is 0.0181. The molecule has 2 bridgehead atoms. The van der Waals surface area contributed by atoms with E-state index in [1.807, 2.05) is 13.5 Å². The first kappa shape index (κ1) is 18.7. The summed E-state index contributed by atoms with van der Waals surface area (Å²) in [6.07, 6.45) is 2.10. The molecule has 0 spiro atoms.